The first kappa shape index (κ1) is 33.3. The maximum absolute atomic E-state index is 2.66. The highest BCUT2D eigenvalue weighted by Crippen LogP contribution is 2.63. The summed E-state index contributed by atoms with van der Waals surface area (Å²) in [5, 5.41) is 8.49. The third kappa shape index (κ3) is 4.06. The fraction of sp³-hybridized carbons (Fsp3) is 0.0169. The van der Waals surface area contributed by atoms with Crippen LogP contribution in [0.15, 0.2) is 224 Å². The summed E-state index contributed by atoms with van der Waals surface area (Å²) in [6.07, 6.45) is 0. The van der Waals surface area contributed by atoms with Gasteiger partial charge in [0.05, 0.1) is 16.8 Å². The fourth-order valence-electron chi connectivity index (χ4n) is 12.3. The van der Waals surface area contributed by atoms with Gasteiger partial charge in [-0.05, 0) is 129 Å². The smallest absolute Gasteiger partial charge is 0.182 e. The van der Waals surface area contributed by atoms with E-state index in [1.807, 2.05) is 0 Å². The van der Waals surface area contributed by atoms with E-state index < -0.39 is 13.5 Å². The summed E-state index contributed by atoms with van der Waals surface area (Å²) < 4.78 is 0. The Labute approximate surface area is 356 Å². The molecule has 0 atom stereocenters. The lowest BCUT2D eigenvalue weighted by molar-refractivity contribution is 0.753. The summed E-state index contributed by atoms with van der Waals surface area (Å²) in [4.78, 5) is 2.59. The summed E-state index contributed by atoms with van der Waals surface area (Å²) in [5.41, 5.74) is 19.0. The Bertz CT molecular complexity index is 3410. The van der Waals surface area contributed by atoms with Crippen molar-refractivity contribution in [2.45, 2.75) is 5.41 Å². The van der Waals surface area contributed by atoms with Gasteiger partial charge in [-0.2, -0.15) is 0 Å². The van der Waals surface area contributed by atoms with Crippen molar-refractivity contribution in [1.29, 1.82) is 0 Å². The van der Waals surface area contributed by atoms with E-state index in [-0.39, 0.29) is 0 Å². The lowest BCUT2D eigenvalue weighted by Crippen LogP contribution is -2.70. The number of hydrogen-bond acceptors (Lipinski definition) is 1. The van der Waals surface area contributed by atoms with E-state index in [1.54, 1.807) is 0 Å². The van der Waals surface area contributed by atoms with Crippen molar-refractivity contribution in [3.63, 3.8) is 0 Å². The molecule has 1 aliphatic carbocycles. The van der Waals surface area contributed by atoms with Crippen molar-refractivity contribution in [3.8, 4) is 44.5 Å². The molecule has 10 aromatic rings. The Morgan fingerprint density at radius 2 is 0.803 bits per heavy atom. The van der Waals surface area contributed by atoms with E-state index in [0.717, 1.165) is 0 Å². The average Bonchev–Trinajstić information content (AvgIpc) is 3.92. The molecule has 2 heteroatoms. The van der Waals surface area contributed by atoms with Crippen LogP contribution in [0.25, 0.3) is 55.3 Å². The third-order valence-electron chi connectivity index (χ3n) is 14.5. The molecule has 0 saturated carbocycles. The molecule has 0 radical (unpaired) electrons. The SMILES string of the molecule is c1ccc2c(c1)-c1ccccc1C21c2ccccc2N(c2ccc3c(c2)[Si]2(c4ccccc4-c4ccccc42)c2ccccc2-3)c2ccc(-c3cccc4ccccc34)cc21. The number of fused-ring (bicyclic) bond motifs is 20. The zero-order chi connectivity index (χ0) is 39.9. The molecule has 0 aromatic heterocycles. The molecular weight excluding hydrogens is 751 g/mol. The average molecular weight is 788 g/mol. The van der Waals surface area contributed by atoms with Crippen molar-refractivity contribution in [2.24, 2.45) is 0 Å². The van der Waals surface area contributed by atoms with Crippen molar-refractivity contribution in [2.75, 3.05) is 4.90 Å². The minimum atomic E-state index is -2.66. The molecule has 2 spiro atoms. The highest BCUT2D eigenvalue weighted by Gasteiger charge is 2.55. The van der Waals surface area contributed by atoms with Crippen LogP contribution < -0.4 is 25.6 Å². The molecule has 0 saturated heterocycles. The van der Waals surface area contributed by atoms with Crippen LogP contribution in [0.3, 0.4) is 0 Å². The van der Waals surface area contributed by atoms with Crippen LogP contribution in [0.2, 0.25) is 0 Å². The van der Waals surface area contributed by atoms with Crippen molar-refractivity contribution in [1.82, 2.24) is 0 Å². The van der Waals surface area contributed by atoms with Gasteiger partial charge in [0.1, 0.15) is 0 Å². The zero-order valence-corrected chi connectivity index (χ0v) is 34.3. The van der Waals surface area contributed by atoms with Crippen LogP contribution >= 0.6 is 0 Å². The molecule has 10 aromatic carbocycles. The molecule has 1 nitrogen and oxygen atoms in total. The molecule has 0 N–H and O–H groups in total. The second kappa shape index (κ2) is 12.0. The van der Waals surface area contributed by atoms with E-state index in [1.165, 1.54) is 115 Å². The van der Waals surface area contributed by atoms with Crippen molar-refractivity contribution in [3.05, 3.63) is 247 Å². The molecule has 3 heterocycles. The van der Waals surface area contributed by atoms with Gasteiger partial charge in [0.15, 0.2) is 8.07 Å². The highest BCUT2D eigenvalue weighted by molar-refractivity contribution is 7.24. The Balaban J connectivity index is 1.08. The molecule has 0 bridgehead atoms. The fourth-order valence-corrected chi connectivity index (χ4v) is 17.9. The highest BCUT2D eigenvalue weighted by atomic mass is 28.3. The molecule has 282 valence electrons. The summed E-state index contributed by atoms with van der Waals surface area (Å²) in [7, 11) is -2.66. The van der Waals surface area contributed by atoms with Crippen LogP contribution in [0.5, 0.6) is 0 Å². The monoisotopic (exact) mass is 787 g/mol. The van der Waals surface area contributed by atoms with Crippen LogP contribution in [0.4, 0.5) is 17.1 Å². The number of anilines is 3. The Hall–Kier alpha value is -7.52. The van der Waals surface area contributed by atoms with Gasteiger partial charge in [-0.3, -0.25) is 0 Å². The number of nitrogens with zero attached hydrogens (tertiary/aromatic N) is 1. The molecule has 4 aliphatic rings. The van der Waals surface area contributed by atoms with E-state index in [0.29, 0.717) is 0 Å². The summed E-state index contributed by atoms with van der Waals surface area (Å²) in [6, 6.07) is 85.5. The topological polar surface area (TPSA) is 3.24 Å². The van der Waals surface area contributed by atoms with Crippen molar-refractivity contribution < 1.29 is 0 Å². The number of benzene rings is 10. The predicted molar refractivity (Wildman–Crippen MR) is 257 cm³/mol. The third-order valence-corrected chi connectivity index (χ3v) is 19.4. The van der Waals surface area contributed by atoms with Crippen LogP contribution in [0.1, 0.15) is 22.3 Å². The second-order valence-corrected chi connectivity index (χ2v) is 20.7. The molecule has 0 fully saturated rings. The van der Waals surface area contributed by atoms with Crippen LogP contribution in [-0.4, -0.2) is 8.07 Å². The predicted octanol–water partition coefficient (Wildman–Crippen LogP) is 12.0. The summed E-state index contributed by atoms with van der Waals surface area (Å²) in [5.74, 6) is 0. The number of para-hydroxylation sites is 1. The molecular formula is C59H37NSi. The Morgan fingerprint density at radius 1 is 0.311 bits per heavy atom. The van der Waals surface area contributed by atoms with Crippen molar-refractivity contribution >= 4 is 56.7 Å². The van der Waals surface area contributed by atoms with Gasteiger partial charge >= 0.3 is 0 Å². The molecule has 0 unspecified atom stereocenters. The Morgan fingerprint density at radius 3 is 1.48 bits per heavy atom. The maximum Gasteiger partial charge on any atom is 0.182 e. The summed E-state index contributed by atoms with van der Waals surface area (Å²) in [6.45, 7) is 0. The van der Waals surface area contributed by atoms with E-state index >= 15 is 0 Å². The van der Waals surface area contributed by atoms with Crippen LogP contribution in [-0.2, 0) is 5.41 Å². The molecule has 0 amide bonds. The van der Waals surface area contributed by atoms with Gasteiger partial charge in [-0.1, -0.05) is 194 Å². The van der Waals surface area contributed by atoms with Gasteiger partial charge in [-0.25, -0.2) is 0 Å². The van der Waals surface area contributed by atoms with Gasteiger partial charge < -0.3 is 4.90 Å². The summed E-state index contributed by atoms with van der Waals surface area (Å²) >= 11 is 0. The molecule has 61 heavy (non-hydrogen) atoms. The number of hydrogen-bond donors (Lipinski definition) is 0. The first-order valence-corrected chi connectivity index (χ1v) is 23.4. The number of rotatable bonds is 2. The quantitative estimate of drug-likeness (QED) is 0.158. The lowest BCUT2D eigenvalue weighted by atomic mass is 9.64. The van der Waals surface area contributed by atoms with E-state index in [4.69, 9.17) is 0 Å². The molecule has 14 rings (SSSR count). The van der Waals surface area contributed by atoms with Gasteiger partial charge in [0, 0.05) is 5.69 Å². The maximum atomic E-state index is 2.59. The minimum Gasteiger partial charge on any atom is -0.310 e. The van der Waals surface area contributed by atoms with E-state index in [2.05, 4.69) is 229 Å². The lowest BCUT2D eigenvalue weighted by Gasteiger charge is -2.45. The standard InChI is InChI=1S/C59H37NSi/c1-2-18-41-38(16-1)17-15-24-42(41)39-32-35-54-52(36-39)59(49-25-8-3-19-43(49)44-20-4-9-26-50(44)59)51-27-10-11-28-53(51)60(54)40-33-34-48-47-23-7-14-31-57(47)61(58(48)37-40)55-29-12-5-21-45(55)46-22-6-13-30-56(46)61/h1-37H. The zero-order valence-electron chi connectivity index (χ0n) is 33.3. The second-order valence-electron chi connectivity index (χ2n) is 17.1. The molecule has 3 aliphatic heterocycles. The normalized spacial score (nSPS) is 14.8. The van der Waals surface area contributed by atoms with Gasteiger partial charge in [0.25, 0.3) is 0 Å². The van der Waals surface area contributed by atoms with Gasteiger partial charge in [0.2, 0.25) is 0 Å². The van der Waals surface area contributed by atoms with Gasteiger partial charge in [-0.15, -0.1) is 0 Å². The Kier molecular flexibility index (Phi) is 6.58. The van der Waals surface area contributed by atoms with Crippen LogP contribution in [0, 0.1) is 0 Å². The first-order valence-electron chi connectivity index (χ1n) is 21.4. The van der Waals surface area contributed by atoms with E-state index in [9.17, 15) is 0 Å². The minimum absolute atomic E-state index is 0.525. The first-order chi connectivity index (χ1) is 30.3. The largest absolute Gasteiger partial charge is 0.310 e.